The number of hydrogen-bond acceptors (Lipinski definition) is 7. The Bertz CT molecular complexity index is 1230. The predicted molar refractivity (Wildman–Crippen MR) is 120 cm³/mol. The van der Waals surface area contributed by atoms with Crippen LogP contribution in [-0.4, -0.2) is 37.6 Å². The van der Waals surface area contributed by atoms with Crippen LogP contribution in [0.3, 0.4) is 0 Å². The summed E-state index contributed by atoms with van der Waals surface area (Å²) in [4.78, 5) is 28.7. The van der Waals surface area contributed by atoms with Crippen molar-refractivity contribution in [2.75, 3.05) is 10.6 Å². The van der Waals surface area contributed by atoms with Gasteiger partial charge in [-0.3, -0.25) is 14.9 Å². The number of aromatic nitrogens is 3. The van der Waals surface area contributed by atoms with Crippen LogP contribution in [0.5, 0.6) is 5.75 Å². The predicted octanol–water partition coefficient (Wildman–Crippen LogP) is 2.83. The lowest BCUT2D eigenvalue weighted by atomic mass is 10.1. The van der Waals surface area contributed by atoms with Crippen LogP contribution in [0.4, 0.5) is 11.6 Å². The maximum Gasteiger partial charge on any atom is 0.253 e. The first-order valence-electron chi connectivity index (χ1n) is 10.8. The number of amides is 2. The molecule has 0 atom stereocenters. The van der Waals surface area contributed by atoms with Gasteiger partial charge in [0.05, 0.1) is 6.20 Å². The minimum Gasteiger partial charge on any atom is -0.508 e. The number of aromatic hydroxyl groups is 1. The van der Waals surface area contributed by atoms with Crippen molar-refractivity contribution in [3.05, 3.63) is 53.2 Å². The summed E-state index contributed by atoms with van der Waals surface area (Å²) in [5.74, 6) is 1.05. The molecule has 0 bridgehead atoms. The van der Waals surface area contributed by atoms with E-state index in [0.29, 0.717) is 54.5 Å². The van der Waals surface area contributed by atoms with Crippen molar-refractivity contribution in [1.29, 1.82) is 0 Å². The number of anilines is 2. The van der Waals surface area contributed by atoms with Crippen LogP contribution in [0.2, 0.25) is 0 Å². The zero-order valence-electron chi connectivity index (χ0n) is 17.5. The number of fused-ring (bicyclic) bond motifs is 1. The summed E-state index contributed by atoms with van der Waals surface area (Å²) in [6.07, 6.45) is 7.14. The molecular weight excluding hydrogens is 408 g/mol. The monoisotopic (exact) mass is 432 g/mol. The number of nitrogens with one attached hydrogen (secondary N) is 3. The summed E-state index contributed by atoms with van der Waals surface area (Å²) in [6.45, 7) is 0.411. The Morgan fingerprint density at radius 3 is 2.88 bits per heavy atom. The first-order chi connectivity index (χ1) is 15.6. The Morgan fingerprint density at radius 2 is 2.06 bits per heavy atom. The van der Waals surface area contributed by atoms with Crippen molar-refractivity contribution in [2.45, 2.75) is 44.7 Å². The third-order valence-electron chi connectivity index (χ3n) is 5.60. The molecule has 2 amide bonds. The van der Waals surface area contributed by atoms with Crippen molar-refractivity contribution >= 4 is 35.2 Å². The number of phenolic OH excluding ortho intramolecular Hbond substituents is 1. The molecule has 0 unspecified atom stereocenters. The van der Waals surface area contributed by atoms with Crippen molar-refractivity contribution < 1.29 is 14.7 Å². The van der Waals surface area contributed by atoms with E-state index in [4.69, 9.17) is 4.98 Å². The maximum atomic E-state index is 12.4. The van der Waals surface area contributed by atoms with Gasteiger partial charge in [-0.15, -0.1) is 0 Å². The van der Waals surface area contributed by atoms with Gasteiger partial charge in [-0.05, 0) is 37.8 Å². The van der Waals surface area contributed by atoms with E-state index >= 15 is 0 Å². The average Bonchev–Trinajstić information content (AvgIpc) is 3.52. The number of phenols is 1. The highest BCUT2D eigenvalue weighted by atomic mass is 16.3. The highest BCUT2D eigenvalue weighted by Gasteiger charge is 2.24. The molecule has 5 rings (SSSR count). The molecule has 2 fully saturated rings. The van der Waals surface area contributed by atoms with Crippen LogP contribution in [0.1, 0.15) is 43.2 Å². The average molecular weight is 432 g/mol. The minimum absolute atomic E-state index is 0.223. The summed E-state index contributed by atoms with van der Waals surface area (Å²) in [5, 5.41) is 23.7. The molecule has 9 nitrogen and oxygen atoms in total. The molecule has 1 saturated carbocycles. The fourth-order valence-electron chi connectivity index (χ4n) is 3.71. The van der Waals surface area contributed by atoms with Gasteiger partial charge in [0, 0.05) is 41.8 Å². The first-order valence-corrected chi connectivity index (χ1v) is 10.8. The number of benzene rings is 1. The summed E-state index contributed by atoms with van der Waals surface area (Å²) in [5.41, 5.74) is 2.61. The molecule has 9 heteroatoms. The van der Waals surface area contributed by atoms with Gasteiger partial charge < -0.3 is 15.7 Å². The SMILES string of the molecule is O=C1CCCC(=Cc2cnn3c(NC4CC4)cc(NCc4ccccc4O)nc23)C(=O)N1. The molecule has 3 heterocycles. The molecular formula is C23H24N6O3. The first kappa shape index (κ1) is 20.0. The lowest BCUT2D eigenvalue weighted by molar-refractivity contribution is -0.127. The topological polar surface area (TPSA) is 121 Å². The van der Waals surface area contributed by atoms with Gasteiger partial charge in [-0.25, -0.2) is 4.98 Å². The van der Waals surface area contributed by atoms with Crippen LogP contribution >= 0.6 is 0 Å². The highest BCUT2D eigenvalue weighted by Crippen LogP contribution is 2.28. The summed E-state index contributed by atoms with van der Waals surface area (Å²) in [6, 6.07) is 9.46. The minimum atomic E-state index is -0.364. The van der Waals surface area contributed by atoms with Crippen molar-refractivity contribution in [1.82, 2.24) is 19.9 Å². The second-order valence-corrected chi connectivity index (χ2v) is 8.16. The molecule has 1 saturated heterocycles. The lowest BCUT2D eigenvalue weighted by Gasteiger charge is -2.12. The number of carbonyl (C=O) groups excluding carboxylic acids is 2. The third kappa shape index (κ3) is 4.27. The molecule has 1 aliphatic carbocycles. The number of hydrogen-bond donors (Lipinski definition) is 4. The number of nitrogens with zero attached hydrogens (tertiary/aromatic N) is 3. The van der Waals surface area contributed by atoms with Crippen molar-refractivity contribution in [3.63, 3.8) is 0 Å². The Morgan fingerprint density at radius 1 is 1.22 bits per heavy atom. The van der Waals surface area contributed by atoms with E-state index in [0.717, 1.165) is 24.2 Å². The van der Waals surface area contributed by atoms with E-state index in [9.17, 15) is 14.7 Å². The zero-order chi connectivity index (χ0) is 22.1. The molecule has 1 aromatic carbocycles. The number of para-hydroxylation sites is 1. The number of carbonyl (C=O) groups is 2. The largest absolute Gasteiger partial charge is 0.508 e. The Labute approximate surface area is 184 Å². The molecule has 4 N–H and O–H groups in total. The van der Waals surface area contributed by atoms with Crippen LogP contribution in [0.15, 0.2) is 42.1 Å². The van der Waals surface area contributed by atoms with Gasteiger partial charge in [-0.1, -0.05) is 18.2 Å². The molecule has 32 heavy (non-hydrogen) atoms. The van der Waals surface area contributed by atoms with Gasteiger partial charge in [0.1, 0.15) is 17.4 Å². The maximum absolute atomic E-state index is 12.4. The van der Waals surface area contributed by atoms with Crippen LogP contribution < -0.4 is 16.0 Å². The van der Waals surface area contributed by atoms with Gasteiger partial charge >= 0.3 is 0 Å². The van der Waals surface area contributed by atoms with Crippen LogP contribution in [0.25, 0.3) is 11.7 Å². The Balaban J connectivity index is 1.49. The second-order valence-electron chi connectivity index (χ2n) is 8.16. The molecule has 0 radical (unpaired) electrons. The molecule has 2 aromatic heterocycles. The third-order valence-corrected chi connectivity index (χ3v) is 5.60. The van der Waals surface area contributed by atoms with E-state index in [-0.39, 0.29) is 17.6 Å². The molecule has 1 aliphatic heterocycles. The standard InChI is InChI=1S/C23H24N6O3/c30-18-6-2-1-4-15(18)12-24-19-11-20(26-17-8-9-17)29-22(27-19)16(13-25-29)10-14-5-3-7-21(31)28-23(14)32/h1-2,4,6,10-11,13,17,26,30H,3,5,7-9,12H2,(H,24,27)(H,28,31,32). The molecule has 0 spiro atoms. The van der Waals surface area contributed by atoms with Crippen molar-refractivity contribution in [2.24, 2.45) is 0 Å². The number of imide groups is 1. The Kier molecular flexibility index (Phi) is 5.22. The van der Waals surface area contributed by atoms with Gasteiger partial charge in [0.15, 0.2) is 5.65 Å². The van der Waals surface area contributed by atoms with Gasteiger partial charge in [-0.2, -0.15) is 9.61 Å². The fourth-order valence-corrected chi connectivity index (χ4v) is 3.71. The highest BCUT2D eigenvalue weighted by molar-refractivity contribution is 6.07. The summed E-state index contributed by atoms with van der Waals surface area (Å²) >= 11 is 0. The smallest absolute Gasteiger partial charge is 0.253 e. The number of rotatable bonds is 6. The van der Waals surface area contributed by atoms with E-state index < -0.39 is 0 Å². The Hall–Kier alpha value is -3.88. The normalized spacial score (nSPS) is 17.9. The van der Waals surface area contributed by atoms with E-state index in [2.05, 4.69) is 21.0 Å². The molecule has 3 aromatic rings. The lowest BCUT2D eigenvalue weighted by Crippen LogP contribution is -2.28. The second kappa shape index (κ2) is 8.33. The van der Waals surface area contributed by atoms with Gasteiger partial charge in [0.25, 0.3) is 5.91 Å². The summed E-state index contributed by atoms with van der Waals surface area (Å²) in [7, 11) is 0. The van der Waals surface area contributed by atoms with E-state index in [1.807, 2.05) is 18.2 Å². The quantitative estimate of drug-likeness (QED) is 0.349. The molecule has 164 valence electrons. The van der Waals surface area contributed by atoms with Gasteiger partial charge in [0.2, 0.25) is 5.91 Å². The summed E-state index contributed by atoms with van der Waals surface area (Å²) < 4.78 is 1.73. The van der Waals surface area contributed by atoms with E-state index in [1.165, 1.54) is 0 Å². The van der Waals surface area contributed by atoms with Crippen LogP contribution in [0, 0.1) is 0 Å². The zero-order valence-corrected chi connectivity index (χ0v) is 17.5. The van der Waals surface area contributed by atoms with Crippen LogP contribution in [-0.2, 0) is 16.1 Å². The van der Waals surface area contributed by atoms with Crippen molar-refractivity contribution in [3.8, 4) is 5.75 Å². The van der Waals surface area contributed by atoms with E-state index in [1.54, 1.807) is 28.9 Å². The molecule has 2 aliphatic rings. The fraction of sp³-hybridized carbons (Fsp3) is 0.304.